The van der Waals surface area contributed by atoms with Crippen LogP contribution in [0.5, 0.6) is 0 Å². The fourth-order valence-corrected chi connectivity index (χ4v) is 2.46. The van der Waals surface area contributed by atoms with Gasteiger partial charge in [0.05, 0.1) is 0 Å². The van der Waals surface area contributed by atoms with Crippen molar-refractivity contribution < 1.29 is 4.79 Å². The molecule has 1 aromatic rings. The molecule has 2 nitrogen and oxygen atoms in total. The first-order valence-corrected chi connectivity index (χ1v) is 5.46. The van der Waals surface area contributed by atoms with Gasteiger partial charge in [-0.25, -0.2) is 0 Å². The molecule has 0 atom stereocenters. The van der Waals surface area contributed by atoms with Crippen LogP contribution in [0, 0.1) is 0 Å². The number of rotatable bonds is 0. The van der Waals surface area contributed by atoms with Crippen molar-refractivity contribution in [1.29, 1.82) is 0 Å². The Hall–Kier alpha value is -1.57. The van der Waals surface area contributed by atoms with Crippen LogP contribution in [0.1, 0.15) is 40.2 Å². The average Bonchev–Trinajstić information content (AvgIpc) is 2.43. The van der Waals surface area contributed by atoms with Gasteiger partial charge in [0.15, 0.2) is 5.78 Å². The van der Waals surface area contributed by atoms with Crippen LogP contribution in [0.4, 0.5) is 0 Å². The number of carbonyl (C=O) groups excluding carboxylic acids is 1. The maximum Gasteiger partial charge on any atom is 0.165 e. The minimum Gasteiger partial charge on any atom is -0.358 e. The number of allylic oxidation sites excluding steroid dienone is 3. The summed E-state index contributed by atoms with van der Waals surface area (Å²) in [5, 5.41) is 0. The first kappa shape index (κ1) is 8.72. The molecule has 1 N–H and O–H groups in total. The lowest BCUT2D eigenvalue weighted by molar-refractivity contribution is 0.0971. The zero-order valence-corrected chi connectivity index (χ0v) is 8.55. The van der Waals surface area contributed by atoms with Crippen LogP contribution < -0.4 is 0 Å². The van der Waals surface area contributed by atoms with E-state index >= 15 is 0 Å². The second-order valence-electron chi connectivity index (χ2n) is 4.14. The molecule has 1 heterocycles. The van der Waals surface area contributed by atoms with Crippen molar-refractivity contribution in [2.75, 3.05) is 0 Å². The predicted octanol–water partition coefficient (Wildman–Crippen LogP) is 2.66. The van der Waals surface area contributed by atoms with Crippen molar-refractivity contribution in [2.45, 2.75) is 25.7 Å². The summed E-state index contributed by atoms with van der Waals surface area (Å²) in [7, 11) is 0. The fourth-order valence-electron chi connectivity index (χ4n) is 2.46. The Morgan fingerprint density at radius 2 is 2.13 bits per heavy atom. The second kappa shape index (κ2) is 3.23. The van der Waals surface area contributed by atoms with Crippen LogP contribution in [0.25, 0.3) is 6.08 Å². The molecule has 0 saturated heterocycles. The monoisotopic (exact) mass is 199 g/mol. The highest BCUT2D eigenvalue weighted by Gasteiger charge is 2.24. The van der Waals surface area contributed by atoms with E-state index in [1.54, 1.807) is 0 Å². The highest BCUT2D eigenvalue weighted by Crippen LogP contribution is 2.29. The second-order valence-corrected chi connectivity index (χ2v) is 4.14. The largest absolute Gasteiger partial charge is 0.358 e. The molecule has 0 fully saturated rings. The van der Waals surface area contributed by atoms with Gasteiger partial charge in [-0.3, -0.25) is 4.79 Å². The number of aromatic amines is 1. The minimum absolute atomic E-state index is 0.317. The van der Waals surface area contributed by atoms with Gasteiger partial charge in [-0.15, -0.1) is 0 Å². The van der Waals surface area contributed by atoms with E-state index in [9.17, 15) is 4.79 Å². The molecule has 0 bridgehead atoms. The molecular weight excluding hydrogens is 186 g/mol. The Morgan fingerprint density at radius 1 is 1.20 bits per heavy atom. The van der Waals surface area contributed by atoms with E-state index in [0.29, 0.717) is 12.2 Å². The number of nitrogens with one attached hydrogen (secondary N) is 1. The number of fused-ring (bicyclic) bond motifs is 3. The number of hydrogen-bond donors (Lipinski definition) is 1. The first-order valence-electron chi connectivity index (χ1n) is 5.46. The third kappa shape index (κ3) is 1.29. The van der Waals surface area contributed by atoms with Crippen LogP contribution >= 0.6 is 0 Å². The zero-order valence-electron chi connectivity index (χ0n) is 8.55. The van der Waals surface area contributed by atoms with Crippen molar-refractivity contribution in [3.8, 4) is 0 Å². The molecule has 2 heteroatoms. The highest BCUT2D eigenvalue weighted by atomic mass is 16.1. The summed E-state index contributed by atoms with van der Waals surface area (Å²) in [6.07, 6.45) is 11.8. The Bertz CT molecular complexity index is 477. The fraction of sp³-hybridized carbons (Fsp3) is 0.308. The van der Waals surface area contributed by atoms with E-state index in [-0.39, 0.29) is 0 Å². The summed E-state index contributed by atoms with van der Waals surface area (Å²) in [6, 6.07) is 0. The van der Waals surface area contributed by atoms with Crippen molar-refractivity contribution in [1.82, 2.24) is 4.98 Å². The number of Topliss-reactive ketones (excluding diaryl/α,β-unsaturated/α-hetero) is 1. The number of carbonyl (C=O) groups is 1. The van der Waals surface area contributed by atoms with Crippen LogP contribution in [-0.4, -0.2) is 10.8 Å². The van der Waals surface area contributed by atoms with E-state index in [1.165, 1.54) is 5.56 Å². The average molecular weight is 199 g/mol. The normalized spacial score (nSPS) is 18.5. The Kier molecular flexibility index (Phi) is 1.88. The quantitative estimate of drug-likeness (QED) is 0.684. The molecule has 76 valence electrons. The summed E-state index contributed by atoms with van der Waals surface area (Å²) in [4.78, 5) is 15.2. The smallest absolute Gasteiger partial charge is 0.165 e. The van der Waals surface area contributed by atoms with Gasteiger partial charge in [-0.1, -0.05) is 18.2 Å². The van der Waals surface area contributed by atoms with E-state index in [4.69, 9.17) is 0 Å². The lowest BCUT2D eigenvalue weighted by Gasteiger charge is -2.10. The molecule has 0 unspecified atom stereocenters. The highest BCUT2D eigenvalue weighted by molar-refractivity contribution is 6.00. The Balaban J connectivity index is 2.21. The van der Waals surface area contributed by atoms with Gasteiger partial charge >= 0.3 is 0 Å². The molecule has 0 radical (unpaired) electrons. The number of hydrogen-bond acceptors (Lipinski definition) is 1. The van der Waals surface area contributed by atoms with Crippen LogP contribution in [-0.2, 0) is 12.8 Å². The van der Waals surface area contributed by atoms with Crippen molar-refractivity contribution in [3.05, 3.63) is 40.7 Å². The van der Waals surface area contributed by atoms with Crippen LogP contribution in [0.15, 0.2) is 18.2 Å². The lowest BCUT2D eigenvalue weighted by Crippen LogP contribution is -2.10. The van der Waals surface area contributed by atoms with Gasteiger partial charge in [-0.2, -0.15) is 0 Å². The van der Waals surface area contributed by atoms with Gasteiger partial charge in [-0.05, 0) is 30.9 Å². The number of aryl methyl sites for hydroxylation is 1. The number of ketones is 1. The molecule has 3 rings (SSSR count). The molecule has 0 spiro atoms. The SMILES string of the molecule is O=C1CCCc2[nH]c3c(c21)CC=CC=C3. The summed E-state index contributed by atoms with van der Waals surface area (Å²) in [5.74, 6) is 0.317. The molecule has 2 aliphatic carbocycles. The van der Waals surface area contributed by atoms with Gasteiger partial charge in [0.2, 0.25) is 0 Å². The Morgan fingerprint density at radius 3 is 3.07 bits per heavy atom. The predicted molar refractivity (Wildman–Crippen MR) is 59.9 cm³/mol. The van der Waals surface area contributed by atoms with Crippen LogP contribution in [0.3, 0.4) is 0 Å². The molecule has 1 aromatic heterocycles. The first-order chi connectivity index (χ1) is 7.36. The molecule has 0 saturated carbocycles. The third-order valence-corrected chi connectivity index (χ3v) is 3.16. The zero-order chi connectivity index (χ0) is 10.3. The van der Waals surface area contributed by atoms with E-state index in [1.807, 2.05) is 12.2 Å². The standard InChI is InChI=1S/C13H13NO/c15-12-8-4-7-11-13(12)9-5-2-1-3-6-10(9)14-11/h1-3,6,14H,4-5,7-8H2. The maximum atomic E-state index is 11.9. The van der Waals surface area contributed by atoms with Gasteiger partial charge in [0, 0.05) is 23.4 Å². The van der Waals surface area contributed by atoms with Crippen LogP contribution in [0.2, 0.25) is 0 Å². The number of aromatic nitrogens is 1. The molecule has 15 heavy (non-hydrogen) atoms. The molecule has 0 aliphatic heterocycles. The van der Waals surface area contributed by atoms with Gasteiger partial charge in [0.25, 0.3) is 0 Å². The van der Waals surface area contributed by atoms with Crippen molar-refractivity contribution >= 4 is 11.9 Å². The van der Waals surface area contributed by atoms with Gasteiger partial charge < -0.3 is 4.98 Å². The molecule has 2 aliphatic rings. The summed E-state index contributed by atoms with van der Waals surface area (Å²) >= 11 is 0. The molecular formula is C13H13NO. The topological polar surface area (TPSA) is 32.9 Å². The molecule has 0 amide bonds. The Labute approximate surface area is 88.7 Å². The summed E-state index contributed by atoms with van der Waals surface area (Å²) in [6.45, 7) is 0. The summed E-state index contributed by atoms with van der Waals surface area (Å²) in [5.41, 5.74) is 4.45. The van der Waals surface area contributed by atoms with E-state index in [2.05, 4.69) is 17.1 Å². The van der Waals surface area contributed by atoms with E-state index in [0.717, 1.165) is 36.2 Å². The summed E-state index contributed by atoms with van der Waals surface area (Å²) < 4.78 is 0. The minimum atomic E-state index is 0.317. The van der Waals surface area contributed by atoms with E-state index < -0.39 is 0 Å². The molecule has 0 aromatic carbocycles. The van der Waals surface area contributed by atoms with Crippen molar-refractivity contribution in [3.63, 3.8) is 0 Å². The number of H-pyrrole nitrogens is 1. The van der Waals surface area contributed by atoms with Crippen molar-refractivity contribution in [2.24, 2.45) is 0 Å². The van der Waals surface area contributed by atoms with Gasteiger partial charge in [0.1, 0.15) is 0 Å². The maximum absolute atomic E-state index is 11.9. The lowest BCUT2D eigenvalue weighted by atomic mass is 9.92. The third-order valence-electron chi connectivity index (χ3n) is 3.16.